The van der Waals surface area contributed by atoms with E-state index in [0.717, 1.165) is 23.5 Å². The van der Waals surface area contributed by atoms with Crippen molar-refractivity contribution in [3.05, 3.63) is 23.8 Å². The lowest BCUT2D eigenvalue weighted by Crippen LogP contribution is -2.42. The predicted octanol–water partition coefficient (Wildman–Crippen LogP) is 0.620. The SMILES string of the molecule is COCC(N)c1ccc2c(c1)N(CCN(C)C)C(=O)CO2. The van der Waals surface area contributed by atoms with Crippen molar-refractivity contribution in [2.75, 3.05) is 52.4 Å². The third kappa shape index (κ3) is 3.72. The fourth-order valence-corrected chi connectivity index (χ4v) is 2.27. The molecule has 1 atom stereocenters. The molecule has 0 radical (unpaired) electrons. The summed E-state index contributed by atoms with van der Waals surface area (Å²) in [7, 11) is 5.59. The molecule has 6 heteroatoms. The molecule has 1 heterocycles. The van der Waals surface area contributed by atoms with E-state index in [2.05, 4.69) is 0 Å². The Morgan fingerprint density at radius 2 is 2.24 bits per heavy atom. The topological polar surface area (TPSA) is 68.0 Å². The Labute approximate surface area is 125 Å². The molecule has 0 spiro atoms. The highest BCUT2D eigenvalue weighted by Crippen LogP contribution is 2.34. The van der Waals surface area contributed by atoms with Crippen LogP contribution in [0.5, 0.6) is 5.75 Å². The zero-order valence-electron chi connectivity index (χ0n) is 12.8. The number of likely N-dealkylation sites (N-methyl/N-ethyl adjacent to an activating group) is 1. The van der Waals surface area contributed by atoms with E-state index in [4.69, 9.17) is 15.2 Å². The lowest BCUT2D eigenvalue weighted by atomic mass is 10.1. The first-order chi connectivity index (χ1) is 10.0. The molecule has 2 rings (SSSR count). The summed E-state index contributed by atoms with van der Waals surface area (Å²) >= 11 is 0. The molecule has 1 aromatic rings. The van der Waals surface area contributed by atoms with Gasteiger partial charge in [-0.25, -0.2) is 0 Å². The lowest BCUT2D eigenvalue weighted by molar-refractivity contribution is -0.121. The molecule has 21 heavy (non-hydrogen) atoms. The van der Waals surface area contributed by atoms with Crippen molar-refractivity contribution in [1.82, 2.24) is 4.90 Å². The maximum atomic E-state index is 12.1. The minimum absolute atomic E-state index is 0.0261. The van der Waals surface area contributed by atoms with Crippen LogP contribution in [0, 0.1) is 0 Å². The first-order valence-electron chi connectivity index (χ1n) is 6.99. The minimum Gasteiger partial charge on any atom is -0.482 e. The summed E-state index contributed by atoms with van der Waals surface area (Å²) in [5.41, 5.74) is 7.79. The third-order valence-electron chi connectivity index (χ3n) is 3.47. The van der Waals surface area contributed by atoms with Crippen molar-refractivity contribution < 1.29 is 14.3 Å². The predicted molar refractivity (Wildman–Crippen MR) is 81.6 cm³/mol. The number of hydrogen-bond acceptors (Lipinski definition) is 5. The van der Waals surface area contributed by atoms with Crippen LogP contribution in [0.2, 0.25) is 0 Å². The first kappa shape index (κ1) is 15.8. The van der Waals surface area contributed by atoms with Gasteiger partial charge in [0, 0.05) is 20.2 Å². The number of carbonyl (C=O) groups excluding carboxylic acids is 1. The van der Waals surface area contributed by atoms with Crippen molar-refractivity contribution >= 4 is 11.6 Å². The monoisotopic (exact) mass is 293 g/mol. The number of rotatable bonds is 6. The van der Waals surface area contributed by atoms with Crippen molar-refractivity contribution in [3.8, 4) is 5.75 Å². The number of ether oxygens (including phenoxy) is 2. The van der Waals surface area contributed by atoms with E-state index in [0.29, 0.717) is 13.2 Å². The molecule has 0 aromatic heterocycles. The fourth-order valence-electron chi connectivity index (χ4n) is 2.27. The first-order valence-corrected chi connectivity index (χ1v) is 6.99. The van der Waals surface area contributed by atoms with E-state index in [1.165, 1.54) is 0 Å². The fraction of sp³-hybridized carbons (Fsp3) is 0.533. The van der Waals surface area contributed by atoms with Crippen LogP contribution in [0.4, 0.5) is 5.69 Å². The van der Waals surface area contributed by atoms with Crippen molar-refractivity contribution in [1.29, 1.82) is 0 Å². The Balaban J connectivity index is 2.26. The molecule has 0 bridgehead atoms. The molecule has 1 aliphatic heterocycles. The zero-order valence-corrected chi connectivity index (χ0v) is 12.8. The molecule has 1 unspecified atom stereocenters. The van der Waals surface area contributed by atoms with E-state index < -0.39 is 0 Å². The second-order valence-corrected chi connectivity index (χ2v) is 5.43. The summed E-state index contributed by atoms with van der Waals surface area (Å²) in [4.78, 5) is 15.9. The van der Waals surface area contributed by atoms with Crippen LogP contribution in [-0.4, -0.2) is 58.3 Å². The van der Waals surface area contributed by atoms with Gasteiger partial charge in [0.05, 0.1) is 18.3 Å². The maximum Gasteiger partial charge on any atom is 0.265 e. The number of nitrogens with two attached hydrogens (primary N) is 1. The summed E-state index contributed by atoms with van der Waals surface area (Å²) < 4.78 is 10.6. The zero-order chi connectivity index (χ0) is 15.4. The van der Waals surface area contributed by atoms with Gasteiger partial charge in [-0.05, 0) is 31.8 Å². The number of methoxy groups -OCH3 is 1. The smallest absolute Gasteiger partial charge is 0.265 e. The number of nitrogens with zero attached hydrogens (tertiary/aromatic N) is 2. The van der Waals surface area contributed by atoms with Gasteiger partial charge >= 0.3 is 0 Å². The van der Waals surface area contributed by atoms with E-state index in [1.807, 2.05) is 37.2 Å². The molecular formula is C15H23N3O3. The van der Waals surface area contributed by atoms with Crippen LogP contribution in [-0.2, 0) is 9.53 Å². The van der Waals surface area contributed by atoms with Gasteiger partial charge in [0.1, 0.15) is 5.75 Å². The quantitative estimate of drug-likeness (QED) is 0.833. The number of fused-ring (bicyclic) bond motifs is 1. The number of carbonyl (C=O) groups is 1. The molecule has 0 saturated carbocycles. The van der Waals surface area contributed by atoms with E-state index in [1.54, 1.807) is 12.0 Å². The largest absolute Gasteiger partial charge is 0.482 e. The maximum absolute atomic E-state index is 12.1. The molecule has 1 aromatic carbocycles. The number of amides is 1. The van der Waals surface area contributed by atoms with Gasteiger partial charge in [-0.3, -0.25) is 4.79 Å². The van der Waals surface area contributed by atoms with Gasteiger partial charge < -0.3 is 25.0 Å². The van der Waals surface area contributed by atoms with Gasteiger partial charge in [-0.15, -0.1) is 0 Å². The standard InChI is InChI=1S/C15H23N3O3/c1-17(2)6-7-18-13-8-11(12(16)9-20-3)4-5-14(13)21-10-15(18)19/h4-5,8,12H,6-7,9-10,16H2,1-3H3. The summed E-state index contributed by atoms with van der Waals surface area (Å²) in [6.45, 7) is 1.94. The summed E-state index contributed by atoms with van der Waals surface area (Å²) in [6, 6.07) is 5.50. The average Bonchev–Trinajstić information content (AvgIpc) is 2.45. The van der Waals surface area contributed by atoms with Crippen molar-refractivity contribution in [3.63, 3.8) is 0 Å². The van der Waals surface area contributed by atoms with Gasteiger partial charge in [-0.1, -0.05) is 6.07 Å². The van der Waals surface area contributed by atoms with Crippen LogP contribution in [0.3, 0.4) is 0 Å². The molecule has 116 valence electrons. The minimum atomic E-state index is -0.215. The molecule has 1 amide bonds. The van der Waals surface area contributed by atoms with E-state index in [9.17, 15) is 4.79 Å². The Kier molecular flexibility index (Phi) is 5.17. The van der Waals surface area contributed by atoms with Gasteiger partial charge in [-0.2, -0.15) is 0 Å². The molecule has 0 fully saturated rings. The van der Waals surface area contributed by atoms with Crippen molar-refractivity contribution in [2.24, 2.45) is 5.73 Å². The normalized spacial score (nSPS) is 15.9. The van der Waals surface area contributed by atoms with Gasteiger partial charge in [0.2, 0.25) is 0 Å². The Morgan fingerprint density at radius 3 is 2.90 bits per heavy atom. The molecule has 0 aliphatic carbocycles. The Morgan fingerprint density at radius 1 is 1.48 bits per heavy atom. The highest BCUT2D eigenvalue weighted by atomic mass is 16.5. The van der Waals surface area contributed by atoms with Gasteiger partial charge in [0.15, 0.2) is 6.61 Å². The van der Waals surface area contributed by atoms with Gasteiger partial charge in [0.25, 0.3) is 5.91 Å². The second-order valence-electron chi connectivity index (χ2n) is 5.43. The van der Waals surface area contributed by atoms with Crippen LogP contribution in [0.15, 0.2) is 18.2 Å². The lowest BCUT2D eigenvalue weighted by Gasteiger charge is -2.31. The molecule has 0 saturated heterocycles. The average molecular weight is 293 g/mol. The highest BCUT2D eigenvalue weighted by molar-refractivity contribution is 5.97. The van der Waals surface area contributed by atoms with Crippen LogP contribution in [0.1, 0.15) is 11.6 Å². The highest BCUT2D eigenvalue weighted by Gasteiger charge is 2.26. The second kappa shape index (κ2) is 6.89. The summed E-state index contributed by atoms with van der Waals surface area (Å²) in [5.74, 6) is 0.698. The number of benzene rings is 1. The van der Waals surface area contributed by atoms with Crippen LogP contribution >= 0.6 is 0 Å². The Hall–Kier alpha value is -1.63. The van der Waals surface area contributed by atoms with Crippen molar-refractivity contribution in [2.45, 2.75) is 6.04 Å². The van der Waals surface area contributed by atoms with E-state index in [-0.39, 0.29) is 18.6 Å². The molecule has 1 aliphatic rings. The molecule has 6 nitrogen and oxygen atoms in total. The molecular weight excluding hydrogens is 270 g/mol. The van der Waals surface area contributed by atoms with Crippen LogP contribution < -0.4 is 15.4 Å². The number of anilines is 1. The molecule has 2 N–H and O–H groups in total. The Bertz CT molecular complexity index is 505. The number of hydrogen-bond donors (Lipinski definition) is 1. The van der Waals surface area contributed by atoms with E-state index >= 15 is 0 Å². The summed E-state index contributed by atoms with van der Waals surface area (Å²) in [6.07, 6.45) is 0. The third-order valence-corrected chi connectivity index (χ3v) is 3.47. The van der Waals surface area contributed by atoms with Crippen LogP contribution in [0.25, 0.3) is 0 Å². The summed E-state index contributed by atoms with van der Waals surface area (Å²) in [5, 5.41) is 0.